The van der Waals surface area contributed by atoms with Crippen molar-refractivity contribution < 1.29 is 23.9 Å². The number of anilines is 2. The van der Waals surface area contributed by atoms with Gasteiger partial charge in [-0.3, -0.25) is 14.5 Å². The Morgan fingerprint density at radius 2 is 1.84 bits per heavy atom. The Hall–Kier alpha value is -3.75. The molecule has 4 amide bonds. The lowest BCUT2D eigenvalue weighted by atomic mass is 10.1. The molecule has 0 aromatic heterocycles. The van der Waals surface area contributed by atoms with Crippen molar-refractivity contribution in [2.75, 3.05) is 30.1 Å². The average Bonchev–Trinajstić information content (AvgIpc) is 3.27. The molecule has 0 unspecified atom stereocenters. The summed E-state index contributed by atoms with van der Waals surface area (Å²) in [5.74, 6) is 1.20. The SMILES string of the molecule is O=C(CCCCCNC(=O)N1CC(=O)Nc2ccccc21)NCc1ccc2c(c1)OCO2. The van der Waals surface area contributed by atoms with E-state index in [4.69, 9.17) is 9.47 Å². The first kappa shape index (κ1) is 21.5. The van der Waals surface area contributed by atoms with Gasteiger partial charge >= 0.3 is 6.03 Å². The van der Waals surface area contributed by atoms with Gasteiger partial charge in [-0.05, 0) is 42.7 Å². The van der Waals surface area contributed by atoms with E-state index in [1.54, 1.807) is 12.1 Å². The summed E-state index contributed by atoms with van der Waals surface area (Å²) < 4.78 is 10.6. The first-order valence-corrected chi connectivity index (χ1v) is 10.7. The van der Waals surface area contributed by atoms with Crippen LogP contribution in [0.15, 0.2) is 42.5 Å². The molecule has 0 atom stereocenters. The highest BCUT2D eigenvalue weighted by atomic mass is 16.7. The predicted octanol–water partition coefficient (Wildman–Crippen LogP) is 2.76. The Balaban J connectivity index is 1.11. The van der Waals surface area contributed by atoms with Crippen LogP contribution in [0.3, 0.4) is 0 Å². The number of para-hydroxylation sites is 2. The summed E-state index contributed by atoms with van der Waals surface area (Å²) in [5.41, 5.74) is 2.27. The maximum Gasteiger partial charge on any atom is 0.322 e. The van der Waals surface area contributed by atoms with Crippen molar-refractivity contribution in [3.05, 3.63) is 48.0 Å². The predicted molar refractivity (Wildman–Crippen MR) is 119 cm³/mol. The highest BCUT2D eigenvalue weighted by molar-refractivity contribution is 6.09. The van der Waals surface area contributed by atoms with Crippen molar-refractivity contribution in [3.8, 4) is 11.5 Å². The summed E-state index contributed by atoms with van der Waals surface area (Å²) in [7, 11) is 0. The van der Waals surface area contributed by atoms with Crippen LogP contribution in [0.2, 0.25) is 0 Å². The van der Waals surface area contributed by atoms with Crippen molar-refractivity contribution in [1.29, 1.82) is 0 Å². The van der Waals surface area contributed by atoms with Crippen LogP contribution in [-0.4, -0.2) is 37.7 Å². The highest BCUT2D eigenvalue weighted by Gasteiger charge is 2.26. The van der Waals surface area contributed by atoms with Crippen LogP contribution < -0.4 is 30.3 Å². The molecule has 2 aromatic carbocycles. The molecule has 2 heterocycles. The van der Waals surface area contributed by atoms with Crippen LogP contribution in [0.1, 0.15) is 31.2 Å². The lowest BCUT2D eigenvalue weighted by molar-refractivity contribution is -0.121. The van der Waals surface area contributed by atoms with E-state index in [-0.39, 0.29) is 31.2 Å². The third kappa shape index (κ3) is 5.29. The van der Waals surface area contributed by atoms with Crippen molar-refractivity contribution in [1.82, 2.24) is 10.6 Å². The van der Waals surface area contributed by atoms with E-state index in [0.717, 1.165) is 30.6 Å². The van der Waals surface area contributed by atoms with E-state index in [2.05, 4.69) is 16.0 Å². The summed E-state index contributed by atoms with van der Waals surface area (Å²) in [6.07, 6.45) is 2.73. The second-order valence-corrected chi connectivity index (χ2v) is 7.66. The van der Waals surface area contributed by atoms with Crippen LogP contribution in [-0.2, 0) is 16.1 Å². The Labute approximate surface area is 186 Å². The molecular weight excluding hydrogens is 412 g/mol. The largest absolute Gasteiger partial charge is 0.454 e. The number of fused-ring (bicyclic) bond motifs is 2. The van der Waals surface area contributed by atoms with E-state index in [0.29, 0.717) is 36.6 Å². The first-order valence-electron chi connectivity index (χ1n) is 10.7. The Kier molecular flexibility index (Phi) is 6.74. The first-order chi connectivity index (χ1) is 15.6. The number of urea groups is 1. The molecule has 2 aliphatic heterocycles. The number of hydrogen-bond acceptors (Lipinski definition) is 5. The van der Waals surface area contributed by atoms with Crippen molar-refractivity contribution in [2.24, 2.45) is 0 Å². The summed E-state index contributed by atoms with van der Waals surface area (Å²) in [6.45, 7) is 1.15. The van der Waals surface area contributed by atoms with E-state index in [1.807, 2.05) is 30.3 Å². The molecule has 4 rings (SSSR count). The smallest absolute Gasteiger partial charge is 0.322 e. The molecule has 9 nitrogen and oxygen atoms in total. The minimum absolute atomic E-state index is 0.00755. The van der Waals surface area contributed by atoms with Crippen LogP contribution >= 0.6 is 0 Å². The Morgan fingerprint density at radius 3 is 2.75 bits per heavy atom. The van der Waals surface area contributed by atoms with Gasteiger partial charge in [0.05, 0.1) is 11.4 Å². The van der Waals surface area contributed by atoms with E-state index >= 15 is 0 Å². The summed E-state index contributed by atoms with van der Waals surface area (Å²) in [4.78, 5) is 37.8. The molecule has 168 valence electrons. The second-order valence-electron chi connectivity index (χ2n) is 7.66. The van der Waals surface area contributed by atoms with E-state index in [9.17, 15) is 14.4 Å². The van der Waals surface area contributed by atoms with Gasteiger partial charge < -0.3 is 25.4 Å². The molecule has 2 aromatic rings. The third-order valence-corrected chi connectivity index (χ3v) is 5.30. The molecule has 0 saturated carbocycles. The molecule has 3 N–H and O–H groups in total. The number of carbonyl (C=O) groups is 3. The normalized spacial score (nSPS) is 13.9. The number of hydrogen-bond donors (Lipinski definition) is 3. The van der Waals surface area contributed by atoms with Gasteiger partial charge in [0.2, 0.25) is 18.6 Å². The minimum Gasteiger partial charge on any atom is -0.454 e. The lowest BCUT2D eigenvalue weighted by Crippen LogP contribution is -2.47. The minimum atomic E-state index is -0.297. The van der Waals surface area contributed by atoms with Gasteiger partial charge in [-0.1, -0.05) is 24.6 Å². The summed E-state index contributed by atoms with van der Waals surface area (Å²) in [6, 6.07) is 12.5. The van der Waals surface area contributed by atoms with Crippen molar-refractivity contribution in [3.63, 3.8) is 0 Å². The molecule has 0 spiro atoms. The molecule has 0 bridgehead atoms. The maximum atomic E-state index is 12.5. The molecule has 0 radical (unpaired) electrons. The number of carbonyl (C=O) groups excluding carboxylic acids is 3. The van der Waals surface area contributed by atoms with E-state index < -0.39 is 0 Å². The third-order valence-electron chi connectivity index (χ3n) is 5.30. The Morgan fingerprint density at radius 1 is 1.00 bits per heavy atom. The quantitative estimate of drug-likeness (QED) is 0.549. The fourth-order valence-electron chi connectivity index (χ4n) is 3.63. The van der Waals surface area contributed by atoms with Gasteiger partial charge in [-0.15, -0.1) is 0 Å². The van der Waals surface area contributed by atoms with Crippen LogP contribution in [0.4, 0.5) is 16.2 Å². The number of ether oxygens (including phenoxy) is 2. The maximum absolute atomic E-state index is 12.5. The molecule has 0 aliphatic carbocycles. The van der Waals surface area contributed by atoms with Crippen LogP contribution in [0.25, 0.3) is 0 Å². The molecule has 0 saturated heterocycles. The van der Waals surface area contributed by atoms with Crippen LogP contribution in [0.5, 0.6) is 11.5 Å². The number of unbranched alkanes of at least 4 members (excludes halogenated alkanes) is 2. The standard InChI is InChI=1S/C23H26N4O5/c28-21(25-13-16-9-10-19-20(12-16)32-15-31-19)8-2-1-5-11-24-23(30)27-14-22(29)26-17-6-3-4-7-18(17)27/h3-4,6-7,9-10,12H,1-2,5,8,11,13-15H2,(H,24,30)(H,25,28)(H,26,29). The summed E-state index contributed by atoms with van der Waals surface area (Å²) >= 11 is 0. The van der Waals surface area contributed by atoms with Crippen LogP contribution in [0, 0.1) is 0 Å². The molecule has 0 fully saturated rings. The zero-order valence-electron chi connectivity index (χ0n) is 17.7. The zero-order chi connectivity index (χ0) is 22.3. The lowest BCUT2D eigenvalue weighted by Gasteiger charge is -2.29. The fraction of sp³-hybridized carbons (Fsp3) is 0.348. The van der Waals surface area contributed by atoms with Gasteiger partial charge in [0.1, 0.15) is 6.54 Å². The van der Waals surface area contributed by atoms with Gasteiger partial charge in [0.25, 0.3) is 0 Å². The van der Waals surface area contributed by atoms with Gasteiger partial charge in [-0.2, -0.15) is 0 Å². The monoisotopic (exact) mass is 438 g/mol. The van der Waals surface area contributed by atoms with Crippen molar-refractivity contribution >= 4 is 29.2 Å². The second kappa shape index (κ2) is 10.0. The molecule has 32 heavy (non-hydrogen) atoms. The molecule has 2 aliphatic rings. The van der Waals surface area contributed by atoms with Gasteiger partial charge in [-0.25, -0.2) is 4.79 Å². The average molecular weight is 438 g/mol. The topological polar surface area (TPSA) is 109 Å². The number of benzene rings is 2. The Bertz CT molecular complexity index is 1010. The highest BCUT2D eigenvalue weighted by Crippen LogP contribution is 2.32. The molecule has 9 heteroatoms. The zero-order valence-corrected chi connectivity index (χ0v) is 17.7. The number of rotatable bonds is 8. The van der Waals surface area contributed by atoms with Gasteiger partial charge in [0.15, 0.2) is 11.5 Å². The number of amides is 4. The molecular formula is C23H26N4O5. The number of nitrogens with one attached hydrogen (secondary N) is 3. The fourth-order valence-corrected chi connectivity index (χ4v) is 3.63. The summed E-state index contributed by atoms with van der Waals surface area (Å²) in [5, 5.41) is 8.52. The van der Waals surface area contributed by atoms with Crippen molar-refractivity contribution in [2.45, 2.75) is 32.2 Å². The number of nitrogens with zero attached hydrogens (tertiary/aromatic N) is 1. The van der Waals surface area contributed by atoms with E-state index in [1.165, 1.54) is 4.90 Å². The van der Waals surface area contributed by atoms with Gasteiger partial charge in [0, 0.05) is 19.5 Å².